The maximum absolute atomic E-state index is 12.3. The number of hydrogen-bond acceptors (Lipinski definition) is 5. The molecule has 1 saturated heterocycles. The van der Waals surface area contributed by atoms with Gasteiger partial charge < -0.3 is 14.5 Å². The summed E-state index contributed by atoms with van der Waals surface area (Å²) in [4.78, 5) is 33.5. The monoisotopic (exact) mass is 347 g/mol. The number of halogens is 3. The summed E-state index contributed by atoms with van der Waals surface area (Å²) in [5.74, 6) is -0.538. The number of aromatic nitrogens is 2. The van der Waals surface area contributed by atoms with Crippen LogP contribution in [0.5, 0.6) is 0 Å². The van der Waals surface area contributed by atoms with Crippen molar-refractivity contribution in [2.75, 3.05) is 38.6 Å². The molecule has 1 N–H and O–H groups in total. The van der Waals surface area contributed by atoms with E-state index in [0.29, 0.717) is 10.6 Å². The number of rotatable bonds is 4. The topological polar surface area (TPSA) is 87.7 Å². The van der Waals surface area contributed by atoms with Crippen LogP contribution < -0.4 is 5.32 Å². The van der Waals surface area contributed by atoms with Gasteiger partial charge in [-0.2, -0.15) is 13.2 Å². The first-order chi connectivity index (χ1) is 11.3. The summed E-state index contributed by atoms with van der Waals surface area (Å²) in [5, 5.41) is 2.48. The summed E-state index contributed by atoms with van der Waals surface area (Å²) >= 11 is 0. The summed E-state index contributed by atoms with van der Waals surface area (Å²) in [6.45, 7) is -1.67. The molecule has 2 heterocycles. The molecule has 0 spiro atoms. The molecule has 1 aliphatic heterocycles. The van der Waals surface area contributed by atoms with Crippen LogP contribution in [0.25, 0.3) is 0 Å². The molecule has 1 aromatic heterocycles. The second-order valence-corrected chi connectivity index (χ2v) is 5.11. The maximum Gasteiger partial charge on any atom is 0.406 e. The van der Waals surface area contributed by atoms with Crippen LogP contribution >= 0.6 is 0 Å². The van der Waals surface area contributed by atoms with Crippen molar-refractivity contribution < 1.29 is 27.5 Å². The number of anilines is 1. The van der Waals surface area contributed by atoms with Crippen molar-refractivity contribution in [1.29, 1.82) is 0 Å². The van der Waals surface area contributed by atoms with Gasteiger partial charge in [0.1, 0.15) is 25.2 Å². The van der Waals surface area contributed by atoms with Gasteiger partial charge in [-0.05, 0) is 0 Å². The van der Waals surface area contributed by atoms with E-state index in [1.165, 1.54) is 19.5 Å². The number of nitrogens with zero attached hydrogens (tertiary/aromatic N) is 4. The zero-order chi connectivity index (χ0) is 17.7. The molecule has 0 unspecified atom stereocenters. The van der Waals surface area contributed by atoms with Gasteiger partial charge in [-0.15, -0.1) is 0 Å². The smallest absolute Gasteiger partial charge is 0.378 e. The Bertz CT molecular complexity index is 611. The number of alkyl halides is 3. The minimum Gasteiger partial charge on any atom is -0.378 e. The molecule has 0 radical (unpaired) electrons. The van der Waals surface area contributed by atoms with E-state index in [-0.39, 0.29) is 25.5 Å². The molecular formula is C13H16F3N5O3. The molecule has 0 atom stereocenters. The van der Waals surface area contributed by atoms with Crippen LogP contribution in [0.15, 0.2) is 12.4 Å². The lowest BCUT2D eigenvalue weighted by molar-refractivity contribution is -0.164. The van der Waals surface area contributed by atoms with Gasteiger partial charge in [-0.1, -0.05) is 0 Å². The minimum absolute atomic E-state index is 0.00364. The van der Waals surface area contributed by atoms with Gasteiger partial charge in [0.15, 0.2) is 0 Å². The summed E-state index contributed by atoms with van der Waals surface area (Å²) < 4.78 is 42.0. The van der Waals surface area contributed by atoms with Crippen LogP contribution in [-0.4, -0.2) is 71.2 Å². The lowest BCUT2D eigenvalue weighted by atomic mass is 10.3. The van der Waals surface area contributed by atoms with Crippen molar-refractivity contribution in [1.82, 2.24) is 19.8 Å². The van der Waals surface area contributed by atoms with Crippen LogP contribution in [0.1, 0.15) is 5.69 Å². The number of carbonyl (C=O) groups is 2. The molecular weight excluding hydrogens is 331 g/mol. The van der Waals surface area contributed by atoms with Gasteiger partial charge in [-0.3, -0.25) is 10.1 Å². The van der Waals surface area contributed by atoms with E-state index in [9.17, 15) is 22.8 Å². The van der Waals surface area contributed by atoms with E-state index in [4.69, 9.17) is 4.74 Å². The van der Waals surface area contributed by atoms with E-state index in [1.54, 1.807) is 0 Å². The van der Waals surface area contributed by atoms with Crippen molar-refractivity contribution in [3.63, 3.8) is 0 Å². The summed E-state index contributed by atoms with van der Waals surface area (Å²) in [6.07, 6.45) is -3.21. The Morgan fingerprint density at radius 2 is 2.12 bits per heavy atom. The van der Waals surface area contributed by atoms with Crippen LogP contribution in [0.3, 0.4) is 0 Å². The first kappa shape index (κ1) is 17.9. The van der Waals surface area contributed by atoms with E-state index >= 15 is 0 Å². The lowest BCUT2D eigenvalue weighted by Gasteiger charge is -2.34. The highest BCUT2D eigenvalue weighted by molar-refractivity contribution is 5.92. The molecule has 11 heteroatoms. The van der Waals surface area contributed by atoms with Crippen molar-refractivity contribution in [3.05, 3.63) is 18.1 Å². The number of hydrogen-bond donors (Lipinski definition) is 1. The number of amides is 3. The number of urea groups is 1. The number of nitrogens with one attached hydrogen (secondary N) is 1. The van der Waals surface area contributed by atoms with Gasteiger partial charge >= 0.3 is 12.2 Å². The predicted octanol–water partition coefficient (Wildman–Crippen LogP) is 0.861. The first-order valence-electron chi connectivity index (χ1n) is 6.99. The Balaban J connectivity index is 1.92. The second-order valence-electron chi connectivity index (χ2n) is 5.11. The van der Waals surface area contributed by atoms with Gasteiger partial charge in [0.25, 0.3) is 0 Å². The third kappa shape index (κ3) is 5.05. The largest absolute Gasteiger partial charge is 0.406 e. The van der Waals surface area contributed by atoms with E-state index in [1.807, 2.05) is 0 Å². The van der Waals surface area contributed by atoms with E-state index in [2.05, 4.69) is 15.3 Å². The van der Waals surface area contributed by atoms with Crippen molar-refractivity contribution in [2.24, 2.45) is 0 Å². The standard InChI is InChI=1S/C13H16F3N5O3/c1-24-6-9-4-10(18-8-17-9)19-12(23)20-2-3-21(11(22)5-20)7-13(14,15)16/h4,8H,2-3,5-7H2,1H3,(H,17,18,19,23). The molecule has 132 valence electrons. The minimum atomic E-state index is -4.46. The first-order valence-corrected chi connectivity index (χ1v) is 6.99. The van der Waals surface area contributed by atoms with Crippen molar-refractivity contribution in [3.8, 4) is 0 Å². The zero-order valence-corrected chi connectivity index (χ0v) is 12.8. The van der Waals surface area contributed by atoms with E-state index < -0.39 is 31.2 Å². The third-order valence-electron chi connectivity index (χ3n) is 3.23. The molecule has 2 rings (SSSR count). The molecule has 1 aliphatic rings. The number of methoxy groups -OCH3 is 1. The second kappa shape index (κ2) is 7.43. The lowest BCUT2D eigenvalue weighted by Crippen LogP contribution is -2.55. The fourth-order valence-electron chi connectivity index (χ4n) is 2.15. The SMILES string of the molecule is COCc1cc(NC(=O)N2CCN(CC(F)(F)F)C(=O)C2)ncn1. The summed E-state index contributed by atoms with van der Waals surface area (Å²) in [7, 11) is 1.49. The fraction of sp³-hybridized carbons (Fsp3) is 0.538. The van der Waals surface area contributed by atoms with Gasteiger partial charge in [0.05, 0.1) is 12.3 Å². The highest BCUT2D eigenvalue weighted by atomic mass is 19.4. The molecule has 1 fully saturated rings. The molecule has 24 heavy (non-hydrogen) atoms. The van der Waals surface area contributed by atoms with Gasteiger partial charge in [-0.25, -0.2) is 14.8 Å². The average Bonchev–Trinajstić information content (AvgIpc) is 2.48. The predicted molar refractivity (Wildman–Crippen MR) is 76.0 cm³/mol. The Morgan fingerprint density at radius 1 is 1.38 bits per heavy atom. The molecule has 8 nitrogen and oxygen atoms in total. The Kier molecular flexibility index (Phi) is 5.54. The average molecular weight is 347 g/mol. The number of piperazine rings is 1. The Morgan fingerprint density at radius 3 is 2.75 bits per heavy atom. The zero-order valence-electron chi connectivity index (χ0n) is 12.8. The highest BCUT2D eigenvalue weighted by Crippen LogP contribution is 2.18. The summed E-state index contributed by atoms with van der Waals surface area (Å²) in [5.41, 5.74) is 0.550. The Labute approximate surface area is 135 Å². The fourth-order valence-corrected chi connectivity index (χ4v) is 2.15. The van der Waals surface area contributed by atoms with Crippen molar-refractivity contribution >= 4 is 17.8 Å². The third-order valence-corrected chi connectivity index (χ3v) is 3.23. The van der Waals surface area contributed by atoms with Gasteiger partial charge in [0.2, 0.25) is 5.91 Å². The van der Waals surface area contributed by atoms with Crippen LogP contribution in [-0.2, 0) is 16.1 Å². The maximum atomic E-state index is 12.3. The van der Waals surface area contributed by atoms with Crippen LogP contribution in [0.2, 0.25) is 0 Å². The molecule has 0 aliphatic carbocycles. The molecule has 0 saturated carbocycles. The quantitative estimate of drug-likeness (QED) is 0.873. The highest BCUT2D eigenvalue weighted by Gasteiger charge is 2.36. The molecule has 1 aromatic rings. The van der Waals surface area contributed by atoms with Crippen LogP contribution in [0, 0.1) is 0 Å². The normalized spacial score (nSPS) is 15.6. The van der Waals surface area contributed by atoms with Crippen molar-refractivity contribution in [2.45, 2.75) is 12.8 Å². The molecule has 3 amide bonds. The number of carbonyl (C=O) groups excluding carboxylic acids is 2. The Hall–Kier alpha value is -2.43. The summed E-state index contributed by atoms with van der Waals surface area (Å²) in [6, 6.07) is 0.889. The van der Waals surface area contributed by atoms with Crippen LogP contribution in [0.4, 0.5) is 23.8 Å². The number of ether oxygens (including phenoxy) is 1. The van der Waals surface area contributed by atoms with E-state index in [0.717, 1.165) is 4.90 Å². The van der Waals surface area contributed by atoms with Gasteiger partial charge in [0, 0.05) is 26.3 Å². The molecule has 0 bridgehead atoms. The molecule has 0 aromatic carbocycles.